The number of aromatic nitrogens is 1. The van der Waals surface area contributed by atoms with E-state index in [-0.39, 0.29) is 24.2 Å². The van der Waals surface area contributed by atoms with Gasteiger partial charge in [0, 0.05) is 48.6 Å². The number of fused-ring (bicyclic) bond motifs is 4. The predicted molar refractivity (Wildman–Crippen MR) is 115 cm³/mol. The van der Waals surface area contributed by atoms with Crippen molar-refractivity contribution in [3.05, 3.63) is 69.5 Å². The minimum atomic E-state index is -0.131. The third-order valence-corrected chi connectivity index (χ3v) is 6.05. The molecule has 2 aliphatic rings. The number of benzene rings is 2. The highest BCUT2D eigenvalue weighted by atomic mass is 16.7. The number of pyridine rings is 1. The summed E-state index contributed by atoms with van der Waals surface area (Å²) in [6, 6.07) is 11.9. The first-order valence-electron chi connectivity index (χ1n) is 9.90. The van der Waals surface area contributed by atoms with E-state index >= 15 is 0 Å². The Morgan fingerprint density at radius 3 is 2.67 bits per heavy atom. The van der Waals surface area contributed by atoms with E-state index in [9.17, 15) is 4.79 Å². The molecule has 30 heavy (non-hydrogen) atoms. The lowest BCUT2D eigenvalue weighted by atomic mass is 9.74. The Morgan fingerprint density at radius 2 is 1.90 bits per heavy atom. The van der Waals surface area contributed by atoms with Gasteiger partial charge in [0.2, 0.25) is 6.79 Å². The van der Waals surface area contributed by atoms with Crippen LogP contribution in [0.5, 0.6) is 17.2 Å². The van der Waals surface area contributed by atoms with E-state index in [0.717, 1.165) is 22.0 Å². The standard InChI is InChI=1S/C24H23NO5/c1-25-18-7-5-4-6-15(18)23-16(24(25)26)9-8-14(12-27-2)22(23)17-10-20-21(30-13-29-20)11-19(17)28-3/h4-11,14,22H,12-13H2,1-3H3/t14-,22+/m0/s1. The highest BCUT2D eigenvalue weighted by Crippen LogP contribution is 2.48. The number of methoxy groups -OCH3 is 2. The summed E-state index contributed by atoms with van der Waals surface area (Å²) in [7, 11) is 5.16. The van der Waals surface area contributed by atoms with Crippen molar-refractivity contribution in [2.24, 2.45) is 13.0 Å². The van der Waals surface area contributed by atoms with Crippen LogP contribution in [0.3, 0.4) is 0 Å². The van der Waals surface area contributed by atoms with Crippen molar-refractivity contribution < 1.29 is 18.9 Å². The maximum Gasteiger partial charge on any atom is 0.258 e. The van der Waals surface area contributed by atoms with Crippen LogP contribution in [0, 0.1) is 5.92 Å². The van der Waals surface area contributed by atoms with Gasteiger partial charge in [0.15, 0.2) is 11.5 Å². The minimum Gasteiger partial charge on any atom is -0.496 e. The van der Waals surface area contributed by atoms with E-state index in [1.807, 2.05) is 43.5 Å². The van der Waals surface area contributed by atoms with Crippen LogP contribution in [0.25, 0.3) is 17.0 Å². The lowest BCUT2D eigenvalue weighted by Crippen LogP contribution is -2.29. The molecule has 0 saturated carbocycles. The normalized spacial score (nSPS) is 19.2. The summed E-state index contributed by atoms with van der Waals surface area (Å²) < 4.78 is 24.2. The SMILES string of the molecule is COC[C@@H]1C=Cc2c(c3ccccc3n(C)c2=O)[C@H]1c1cc2c(cc1OC)OCO2. The van der Waals surface area contributed by atoms with Crippen molar-refractivity contribution >= 4 is 17.0 Å². The van der Waals surface area contributed by atoms with Crippen LogP contribution in [0.4, 0.5) is 0 Å². The van der Waals surface area contributed by atoms with Crippen molar-refractivity contribution in [1.82, 2.24) is 4.57 Å². The first-order chi connectivity index (χ1) is 14.6. The molecule has 2 heterocycles. The van der Waals surface area contributed by atoms with Crippen molar-refractivity contribution in [2.45, 2.75) is 5.92 Å². The van der Waals surface area contributed by atoms with Gasteiger partial charge in [-0.15, -0.1) is 0 Å². The van der Waals surface area contributed by atoms with Gasteiger partial charge in [-0.1, -0.05) is 30.4 Å². The number of aryl methyl sites for hydroxylation is 1. The molecule has 0 bridgehead atoms. The first kappa shape index (κ1) is 18.8. The Kier molecular flexibility index (Phi) is 4.51. The zero-order chi connectivity index (χ0) is 20.8. The van der Waals surface area contributed by atoms with Gasteiger partial charge in [-0.2, -0.15) is 0 Å². The zero-order valence-electron chi connectivity index (χ0n) is 17.2. The van der Waals surface area contributed by atoms with E-state index in [1.54, 1.807) is 18.8 Å². The summed E-state index contributed by atoms with van der Waals surface area (Å²) in [5.74, 6) is 1.96. The molecule has 2 aromatic carbocycles. The monoisotopic (exact) mass is 405 g/mol. The molecule has 154 valence electrons. The Balaban J connectivity index is 1.84. The fraction of sp³-hybridized carbons (Fsp3) is 0.292. The molecule has 0 N–H and O–H groups in total. The Morgan fingerprint density at radius 1 is 1.13 bits per heavy atom. The average Bonchev–Trinajstić information content (AvgIpc) is 3.24. The number of ether oxygens (including phenoxy) is 4. The molecule has 0 saturated heterocycles. The number of hydrogen-bond donors (Lipinski definition) is 0. The van der Waals surface area contributed by atoms with Gasteiger partial charge in [0.25, 0.3) is 5.56 Å². The maximum atomic E-state index is 13.2. The third kappa shape index (κ3) is 2.71. The summed E-state index contributed by atoms with van der Waals surface area (Å²) in [5.41, 5.74) is 3.54. The largest absolute Gasteiger partial charge is 0.496 e. The smallest absolute Gasteiger partial charge is 0.258 e. The highest BCUT2D eigenvalue weighted by Gasteiger charge is 2.35. The molecule has 6 heteroatoms. The second-order valence-electron chi connectivity index (χ2n) is 7.61. The van der Waals surface area contributed by atoms with Crippen molar-refractivity contribution in [2.75, 3.05) is 27.6 Å². The zero-order valence-corrected chi connectivity index (χ0v) is 17.2. The van der Waals surface area contributed by atoms with Gasteiger partial charge in [0.1, 0.15) is 5.75 Å². The molecule has 0 unspecified atom stereocenters. The highest BCUT2D eigenvalue weighted by molar-refractivity contribution is 5.88. The molecule has 1 aliphatic heterocycles. The summed E-state index contributed by atoms with van der Waals surface area (Å²) in [4.78, 5) is 13.2. The van der Waals surface area contributed by atoms with Crippen LogP contribution in [-0.4, -0.2) is 32.2 Å². The molecule has 5 rings (SSSR count). The van der Waals surface area contributed by atoms with E-state index in [2.05, 4.69) is 12.1 Å². The topological polar surface area (TPSA) is 58.9 Å². The summed E-state index contributed by atoms with van der Waals surface area (Å²) in [5, 5.41) is 1.05. The molecule has 3 aromatic rings. The van der Waals surface area contributed by atoms with Gasteiger partial charge in [-0.3, -0.25) is 4.79 Å². The molecule has 6 nitrogen and oxygen atoms in total. The molecule has 0 fully saturated rings. The van der Waals surface area contributed by atoms with Crippen LogP contribution >= 0.6 is 0 Å². The number of nitrogens with zero attached hydrogens (tertiary/aromatic N) is 1. The van der Waals surface area contributed by atoms with E-state index in [0.29, 0.717) is 29.4 Å². The van der Waals surface area contributed by atoms with Gasteiger partial charge < -0.3 is 23.5 Å². The van der Waals surface area contributed by atoms with Crippen LogP contribution in [0.2, 0.25) is 0 Å². The molecular formula is C24H23NO5. The molecular weight excluding hydrogens is 382 g/mol. The second-order valence-corrected chi connectivity index (χ2v) is 7.61. The number of hydrogen-bond acceptors (Lipinski definition) is 5. The van der Waals surface area contributed by atoms with E-state index < -0.39 is 0 Å². The lowest BCUT2D eigenvalue weighted by Gasteiger charge is -2.32. The maximum absolute atomic E-state index is 13.2. The summed E-state index contributed by atoms with van der Waals surface area (Å²) in [6.45, 7) is 0.704. The summed E-state index contributed by atoms with van der Waals surface area (Å²) >= 11 is 0. The van der Waals surface area contributed by atoms with E-state index in [1.165, 1.54) is 0 Å². The number of rotatable bonds is 4. The molecule has 0 amide bonds. The van der Waals surface area contributed by atoms with Gasteiger partial charge in [-0.25, -0.2) is 0 Å². The quantitative estimate of drug-likeness (QED) is 0.663. The Hall–Kier alpha value is -3.25. The van der Waals surface area contributed by atoms with Crippen LogP contribution in [0.1, 0.15) is 22.6 Å². The van der Waals surface area contributed by atoms with Crippen LogP contribution in [0.15, 0.2) is 47.3 Å². The average molecular weight is 405 g/mol. The fourth-order valence-electron chi connectivity index (χ4n) is 4.67. The van der Waals surface area contributed by atoms with Gasteiger partial charge in [-0.05, 0) is 17.7 Å². The van der Waals surface area contributed by atoms with Crippen LogP contribution < -0.4 is 19.8 Å². The predicted octanol–water partition coefficient (Wildman–Crippen LogP) is 3.70. The number of para-hydroxylation sites is 1. The van der Waals surface area contributed by atoms with Crippen LogP contribution in [-0.2, 0) is 11.8 Å². The molecule has 0 radical (unpaired) electrons. The van der Waals surface area contributed by atoms with Gasteiger partial charge in [0.05, 0.1) is 19.2 Å². The lowest BCUT2D eigenvalue weighted by molar-refractivity contribution is 0.162. The first-order valence-corrected chi connectivity index (χ1v) is 9.90. The third-order valence-electron chi connectivity index (χ3n) is 6.05. The summed E-state index contributed by atoms with van der Waals surface area (Å²) in [6.07, 6.45) is 4.00. The molecule has 0 spiro atoms. The van der Waals surface area contributed by atoms with E-state index in [4.69, 9.17) is 18.9 Å². The van der Waals surface area contributed by atoms with Crippen molar-refractivity contribution in [3.63, 3.8) is 0 Å². The van der Waals surface area contributed by atoms with Crippen molar-refractivity contribution in [3.8, 4) is 17.2 Å². The second kappa shape index (κ2) is 7.22. The Labute approximate surface area is 174 Å². The van der Waals surface area contributed by atoms with Crippen molar-refractivity contribution in [1.29, 1.82) is 0 Å². The molecule has 2 atom stereocenters. The van der Waals surface area contributed by atoms with Gasteiger partial charge >= 0.3 is 0 Å². The minimum absolute atomic E-state index is 0.0134. The molecule has 1 aromatic heterocycles. The Bertz CT molecular complexity index is 1230. The fourth-order valence-corrected chi connectivity index (χ4v) is 4.67. The molecule has 1 aliphatic carbocycles.